The molecule has 1 fully saturated rings. The first-order valence-electron chi connectivity index (χ1n) is 5.79. The highest BCUT2D eigenvalue weighted by Crippen LogP contribution is 2.15. The Morgan fingerprint density at radius 3 is 2.63 bits per heavy atom. The fraction of sp³-hybridized carbons (Fsp3) is 0.308. The van der Waals surface area contributed by atoms with E-state index in [4.69, 9.17) is 9.84 Å². The first-order valence-corrected chi connectivity index (χ1v) is 5.79. The Kier molecular flexibility index (Phi) is 3.91. The van der Waals surface area contributed by atoms with Gasteiger partial charge in [0.25, 0.3) is 0 Å². The highest BCUT2D eigenvalue weighted by Gasteiger charge is 2.45. The number of carbonyl (C=O) groups is 3. The molecule has 19 heavy (non-hydrogen) atoms. The number of hydrogen-bond donors (Lipinski definition) is 2. The van der Waals surface area contributed by atoms with Gasteiger partial charge in [-0.3, -0.25) is 19.7 Å². The molecule has 1 aliphatic heterocycles. The van der Waals surface area contributed by atoms with E-state index in [9.17, 15) is 14.4 Å². The van der Waals surface area contributed by atoms with Gasteiger partial charge in [-0.2, -0.15) is 0 Å². The van der Waals surface area contributed by atoms with Crippen LogP contribution in [0.3, 0.4) is 0 Å². The summed E-state index contributed by atoms with van der Waals surface area (Å²) in [7, 11) is 0. The molecule has 0 amide bonds. The number of ether oxygens (including phenoxy) is 1. The summed E-state index contributed by atoms with van der Waals surface area (Å²) in [5, 5.41) is 11.4. The van der Waals surface area contributed by atoms with E-state index in [0.29, 0.717) is 0 Å². The Labute approximate surface area is 109 Å². The lowest BCUT2D eigenvalue weighted by atomic mass is 10.00. The molecule has 2 N–H and O–H groups in total. The van der Waals surface area contributed by atoms with E-state index in [-0.39, 0.29) is 13.2 Å². The second kappa shape index (κ2) is 5.62. The highest BCUT2D eigenvalue weighted by molar-refractivity contribution is 6.06. The lowest BCUT2D eigenvalue weighted by molar-refractivity contribution is -0.157. The van der Waals surface area contributed by atoms with Gasteiger partial charge in [0.2, 0.25) is 0 Å². The quantitative estimate of drug-likeness (QED) is 0.585. The minimum absolute atomic E-state index is 0.0236. The molecule has 0 bridgehead atoms. The van der Waals surface area contributed by atoms with Crippen molar-refractivity contribution in [2.24, 2.45) is 5.92 Å². The number of hydrogen-bond acceptors (Lipinski definition) is 5. The number of aliphatic carboxylic acids is 1. The van der Waals surface area contributed by atoms with Gasteiger partial charge in [-0.25, -0.2) is 0 Å². The predicted octanol–water partition coefficient (Wildman–Crippen LogP) is -0.0285. The van der Waals surface area contributed by atoms with Crippen LogP contribution in [0.25, 0.3) is 0 Å². The standard InChI is InChI=1S/C13H13NO5/c15-9-6-14-11(12(16)17)10(9)13(18)19-7-8-4-2-1-3-5-8/h1-5,10-11,14H,6-7H2,(H,16,17). The number of esters is 1. The number of carboxylic acid groups (broad SMARTS) is 1. The first kappa shape index (κ1) is 13.2. The Bertz CT molecular complexity index is 499. The van der Waals surface area contributed by atoms with Crippen LogP contribution in [0.5, 0.6) is 0 Å². The summed E-state index contributed by atoms with van der Waals surface area (Å²) in [6.07, 6.45) is 0. The van der Waals surface area contributed by atoms with Gasteiger partial charge in [-0.05, 0) is 5.56 Å². The molecule has 2 unspecified atom stereocenters. The summed E-state index contributed by atoms with van der Waals surface area (Å²) in [6, 6.07) is 7.77. The average molecular weight is 263 g/mol. The molecule has 1 saturated heterocycles. The number of rotatable bonds is 4. The molecule has 0 aliphatic carbocycles. The average Bonchev–Trinajstić information content (AvgIpc) is 2.79. The van der Waals surface area contributed by atoms with Gasteiger partial charge in [0.15, 0.2) is 5.78 Å². The van der Waals surface area contributed by atoms with Crippen LogP contribution < -0.4 is 5.32 Å². The molecule has 1 aromatic carbocycles. The number of carbonyl (C=O) groups excluding carboxylic acids is 2. The Morgan fingerprint density at radius 2 is 2.00 bits per heavy atom. The predicted molar refractivity (Wildman–Crippen MR) is 64.2 cm³/mol. The van der Waals surface area contributed by atoms with Crippen LogP contribution in [0.4, 0.5) is 0 Å². The normalized spacial score (nSPS) is 22.2. The molecule has 0 aromatic heterocycles. The third kappa shape index (κ3) is 2.97. The van der Waals surface area contributed by atoms with E-state index in [0.717, 1.165) is 5.56 Å². The van der Waals surface area contributed by atoms with Crippen molar-refractivity contribution in [3.8, 4) is 0 Å². The number of ketones is 1. The molecule has 1 aromatic rings. The number of benzene rings is 1. The summed E-state index contributed by atoms with van der Waals surface area (Å²) < 4.78 is 5.00. The third-order valence-corrected chi connectivity index (χ3v) is 2.92. The van der Waals surface area contributed by atoms with Gasteiger partial charge in [0.05, 0.1) is 6.54 Å². The van der Waals surface area contributed by atoms with Crippen molar-refractivity contribution in [2.45, 2.75) is 12.6 Å². The zero-order valence-electron chi connectivity index (χ0n) is 10.0. The van der Waals surface area contributed by atoms with Crippen molar-refractivity contribution in [3.05, 3.63) is 35.9 Å². The molecule has 6 heteroatoms. The van der Waals surface area contributed by atoms with E-state index in [1.54, 1.807) is 24.3 Å². The fourth-order valence-corrected chi connectivity index (χ4v) is 1.94. The second-order valence-corrected chi connectivity index (χ2v) is 4.23. The maximum atomic E-state index is 11.8. The summed E-state index contributed by atoms with van der Waals surface area (Å²) in [6.45, 7) is -0.0993. The van der Waals surface area contributed by atoms with Crippen LogP contribution >= 0.6 is 0 Å². The van der Waals surface area contributed by atoms with Crippen LogP contribution in [-0.2, 0) is 25.7 Å². The monoisotopic (exact) mass is 263 g/mol. The van der Waals surface area contributed by atoms with Crippen molar-refractivity contribution in [3.63, 3.8) is 0 Å². The zero-order valence-corrected chi connectivity index (χ0v) is 10.0. The molecule has 2 rings (SSSR count). The maximum Gasteiger partial charge on any atom is 0.322 e. The highest BCUT2D eigenvalue weighted by atomic mass is 16.5. The Balaban J connectivity index is 1.99. The maximum absolute atomic E-state index is 11.8. The largest absolute Gasteiger partial charge is 0.480 e. The third-order valence-electron chi connectivity index (χ3n) is 2.92. The molecule has 0 radical (unpaired) electrons. The molecular formula is C13H13NO5. The summed E-state index contributed by atoms with van der Waals surface area (Å²) >= 11 is 0. The van der Waals surface area contributed by atoms with Crippen LogP contribution in [0.1, 0.15) is 5.56 Å². The molecule has 1 aliphatic rings. The number of carboxylic acids is 1. The summed E-state index contributed by atoms with van der Waals surface area (Å²) in [4.78, 5) is 34.2. The summed E-state index contributed by atoms with van der Waals surface area (Å²) in [5.41, 5.74) is 0.779. The van der Waals surface area contributed by atoms with Crippen molar-refractivity contribution in [2.75, 3.05) is 6.54 Å². The number of Topliss-reactive ketones (excluding diaryl/α,β-unsaturated/α-hetero) is 1. The van der Waals surface area contributed by atoms with Crippen molar-refractivity contribution >= 4 is 17.7 Å². The lowest BCUT2D eigenvalue weighted by Crippen LogP contribution is -2.40. The van der Waals surface area contributed by atoms with Crippen LogP contribution in [0, 0.1) is 5.92 Å². The van der Waals surface area contributed by atoms with Crippen molar-refractivity contribution in [1.29, 1.82) is 0 Å². The van der Waals surface area contributed by atoms with Crippen LogP contribution in [0.15, 0.2) is 30.3 Å². The molecule has 0 saturated carbocycles. The molecular weight excluding hydrogens is 250 g/mol. The van der Waals surface area contributed by atoms with Crippen molar-refractivity contribution < 1.29 is 24.2 Å². The zero-order chi connectivity index (χ0) is 13.8. The van der Waals surface area contributed by atoms with Gasteiger partial charge in [-0.15, -0.1) is 0 Å². The van der Waals surface area contributed by atoms with Gasteiger partial charge in [0.1, 0.15) is 18.6 Å². The smallest absolute Gasteiger partial charge is 0.322 e. The van der Waals surface area contributed by atoms with E-state index >= 15 is 0 Å². The molecule has 2 atom stereocenters. The molecule has 0 spiro atoms. The van der Waals surface area contributed by atoms with E-state index < -0.39 is 29.7 Å². The van der Waals surface area contributed by atoms with Crippen LogP contribution in [0.2, 0.25) is 0 Å². The van der Waals surface area contributed by atoms with Gasteiger partial charge < -0.3 is 9.84 Å². The van der Waals surface area contributed by atoms with Gasteiger partial charge >= 0.3 is 11.9 Å². The van der Waals surface area contributed by atoms with E-state index in [1.807, 2.05) is 6.07 Å². The van der Waals surface area contributed by atoms with Crippen LogP contribution in [-0.4, -0.2) is 35.4 Å². The second-order valence-electron chi connectivity index (χ2n) is 4.23. The minimum Gasteiger partial charge on any atom is -0.480 e. The molecule has 1 heterocycles. The Morgan fingerprint density at radius 1 is 1.32 bits per heavy atom. The number of nitrogens with one attached hydrogen (secondary N) is 1. The fourth-order valence-electron chi connectivity index (χ4n) is 1.94. The van der Waals surface area contributed by atoms with E-state index in [1.165, 1.54) is 0 Å². The topological polar surface area (TPSA) is 92.7 Å². The lowest BCUT2D eigenvalue weighted by Gasteiger charge is -2.13. The molecule has 6 nitrogen and oxygen atoms in total. The molecule has 100 valence electrons. The minimum atomic E-state index is -1.26. The van der Waals surface area contributed by atoms with Gasteiger partial charge in [-0.1, -0.05) is 30.3 Å². The Hall–Kier alpha value is -2.21. The summed E-state index contributed by atoms with van der Waals surface area (Å²) in [5.74, 6) is -3.74. The first-order chi connectivity index (χ1) is 9.09. The van der Waals surface area contributed by atoms with Gasteiger partial charge in [0, 0.05) is 0 Å². The SMILES string of the molecule is O=C(O)C1NCC(=O)C1C(=O)OCc1ccccc1. The van der Waals surface area contributed by atoms with Crippen molar-refractivity contribution in [1.82, 2.24) is 5.32 Å². The van der Waals surface area contributed by atoms with E-state index in [2.05, 4.69) is 5.32 Å².